The van der Waals surface area contributed by atoms with Gasteiger partial charge in [-0.1, -0.05) is 0 Å². The molecule has 108 valence electrons. The molecule has 1 aliphatic rings. The van der Waals surface area contributed by atoms with E-state index in [4.69, 9.17) is 0 Å². The Labute approximate surface area is 115 Å². The van der Waals surface area contributed by atoms with E-state index >= 15 is 0 Å². The third kappa shape index (κ3) is 2.93. The quantitative estimate of drug-likeness (QED) is 0.674. The first-order valence-electron chi connectivity index (χ1n) is 6.43. The van der Waals surface area contributed by atoms with Gasteiger partial charge in [0.15, 0.2) is 0 Å². The van der Waals surface area contributed by atoms with Crippen LogP contribution in [0, 0.1) is 15.9 Å². The molecule has 0 saturated carbocycles. The SMILES string of the molecule is CNC1CCN(C(=O)c2cc(F)ccc2[N+](=O)[O-])CC1. The molecular formula is C13H16FN3O3. The van der Waals surface area contributed by atoms with E-state index in [-0.39, 0.29) is 11.3 Å². The largest absolute Gasteiger partial charge is 0.338 e. The summed E-state index contributed by atoms with van der Waals surface area (Å²) in [5.41, 5.74) is -0.537. The van der Waals surface area contributed by atoms with E-state index < -0.39 is 16.6 Å². The zero-order valence-electron chi connectivity index (χ0n) is 11.1. The number of carbonyl (C=O) groups excluding carboxylic acids is 1. The van der Waals surface area contributed by atoms with Gasteiger partial charge in [0, 0.05) is 25.2 Å². The third-order valence-electron chi connectivity index (χ3n) is 3.58. The Morgan fingerprint density at radius 2 is 2.10 bits per heavy atom. The van der Waals surface area contributed by atoms with Gasteiger partial charge >= 0.3 is 0 Å². The number of nitrogens with zero attached hydrogens (tertiary/aromatic N) is 2. The molecule has 1 aromatic carbocycles. The summed E-state index contributed by atoms with van der Waals surface area (Å²) in [6.45, 7) is 1.02. The lowest BCUT2D eigenvalue weighted by atomic mass is 10.0. The lowest BCUT2D eigenvalue weighted by molar-refractivity contribution is -0.385. The van der Waals surface area contributed by atoms with Gasteiger partial charge in [-0.2, -0.15) is 0 Å². The average molecular weight is 281 g/mol. The second kappa shape index (κ2) is 5.96. The van der Waals surface area contributed by atoms with Gasteiger partial charge in [-0.05, 0) is 32.0 Å². The van der Waals surface area contributed by atoms with Gasteiger partial charge in [0.2, 0.25) is 0 Å². The van der Waals surface area contributed by atoms with Gasteiger partial charge in [0.1, 0.15) is 11.4 Å². The zero-order valence-corrected chi connectivity index (χ0v) is 11.1. The van der Waals surface area contributed by atoms with E-state index in [9.17, 15) is 19.3 Å². The van der Waals surface area contributed by atoms with Crippen LogP contribution in [-0.2, 0) is 0 Å². The molecule has 0 bridgehead atoms. The molecule has 0 spiro atoms. The van der Waals surface area contributed by atoms with Crippen molar-refractivity contribution in [1.82, 2.24) is 10.2 Å². The predicted octanol–water partition coefficient (Wildman–Crippen LogP) is 1.56. The van der Waals surface area contributed by atoms with Crippen LogP contribution in [0.15, 0.2) is 18.2 Å². The highest BCUT2D eigenvalue weighted by molar-refractivity contribution is 5.98. The van der Waals surface area contributed by atoms with Crippen LogP contribution >= 0.6 is 0 Å². The van der Waals surface area contributed by atoms with E-state index in [2.05, 4.69) is 5.32 Å². The molecule has 0 radical (unpaired) electrons. The highest BCUT2D eigenvalue weighted by atomic mass is 19.1. The molecule has 1 fully saturated rings. The Morgan fingerprint density at radius 3 is 2.65 bits per heavy atom. The lowest BCUT2D eigenvalue weighted by Crippen LogP contribution is -2.44. The molecular weight excluding hydrogens is 265 g/mol. The Kier molecular flexibility index (Phi) is 4.29. The Hall–Kier alpha value is -2.02. The number of benzene rings is 1. The second-order valence-corrected chi connectivity index (χ2v) is 4.77. The molecule has 0 aromatic heterocycles. The van der Waals surface area contributed by atoms with Crippen molar-refractivity contribution < 1.29 is 14.1 Å². The number of hydrogen-bond donors (Lipinski definition) is 1. The van der Waals surface area contributed by atoms with Gasteiger partial charge in [-0.25, -0.2) is 4.39 Å². The molecule has 0 atom stereocenters. The van der Waals surface area contributed by atoms with Crippen molar-refractivity contribution in [3.63, 3.8) is 0 Å². The van der Waals surface area contributed by atoms with Gasteiger partial charge < -0.3 is 10.2 Å². The summed E-state index contributed by atoms with van der Waals surface area (Å²) in [7, 11) is 1.86. The van der Waals surface area contributed by atoms with Crippen LogP contribution in [0.2, 0.25) is 0 Å². The molecule has 1 heterocycles. The summed E-state index contributed by atoms with van der Waals surface area (Å²) in [6.07, 6.45) is 1.57. The van der Waals surface area contributed by atoms with Crippen molar-refractivity contribution in [2.75, 3.05) is 20.1 Å². The maximum atomic E-state index is 13.3. The highest BCUT2D eigenvalue weighted by Crippen LogP contribution is 2.23. The van der Waals surface area contributed by atoms with Crippen molar-refractivity contribution in [2.24, 2.45) is 0 Å². The number of nitrogens with one attached hydrogen (secondary N) is 1. The summed E-state index contributed by atoms with van der Waals surface area (Å²) in [4.78, 5) is 24.1. The number of amides is 1. The number of likely N-dealkylation sites (tertiary alicyclic amines) is 1. The van der Waals surface area contributed by atoms with Crippen LogP contribution in [0.4, 0.5) is 10.1 Å². The fourth-order valence-electron chi connectivity index (χ4n) is 2.38. The summed E-state index contributed by atoms with van der Waals surface area (Å²) in [5, 5.41) is 14.1. The molecule has 0 aliphatic carbocycles. The molecule has 6 nitrogen and oxygen atoms in total. The molecule has 7 heteroatoms. The number of halogens is 1. The van der Waals surface area contributed by atoms with E-state index in [1.165, 1.54) is 4.90 Å². The highest BCUT2D eigenvalue weighted by Gasteiger charge is 2.28. The van der Waals surface area contributed by atoms with E-state index in [1.807, 2.05) is 7.05 Å². The lowest BCUT2D eigenvalue weighted by Gasteiger charge is -2.31. The smallest absolute Gasteiger partial charge is 0.282 e. The zero-order chi connectivity index (χ0) is 14.7. The molecule has 1 saturated heterocycles. The number of rotatable bonds is 3. The summed E-state index contributed by atoms with van der Waals surface area (Å²) < 4.78 is 13.3. The van der Waals surface area contributed by atoms with E-state index in [0.717, 1.165) is 31.0 Å². The first-order chi connectivity index (χ1) is 9.52. The Balaban J connectivity index is 2.21. The maximum absolute atomic E-state index is 13.3. The van der Waals surface area contributed by atoms with Gasteiger partial charge in [-0.15, -0.1) is 0 Å². The normalized spacial score (nSPS) is 16.2. The minimum atomic E-state index is -0.660. The van der Waals surface area contributed by atoms with Crippen LogP contribution < -0.4 is 5.32 Å². The number of piperidine rings is 1. The first-order valence-corrected chi connectivity index (χ1v) is 6.43. The van der Waals surface area contributed by atoms with Crippen molar-refractivity contribution in [1.29, 1.82) is 0 Å². The first kappa shape index (κ1) is 14.4. The summed E-state index contributed by atoms with van der Waals surface area (Å²) >= 11 is 0. The van der Waals surface area contributed by atoms with Crippen LogP contribution in [0.5, 0.6) is 0 Å². The molecule has 2 rings (SSSR count). The topological polar surface area (TPSA) is 75.5 Å². The van der Waals surface area contributed by atoms with Crippen LogP contribution in [0.3, 0.4) is 0 Å². The average Bonchev–Trinajstić information content (AvgIpc) is 2.46. The van der Waals surface area contributed by atoms with Crippen LogP contribution in [-0.4, -0.2) is 41.9 Å². The number of carbonyl (C=O) groups is 1. The van der Waals surface area contributed by atoms with Crippen LogP contribution in [0.25, 0.3) is 0 Å². The van der Waals surface area contributed by atoms with E-state index in [1.54, 1.807) is 0 Å². The molecule has 1 aromatic rings. The van der Waals surface area contributed by atoms with Gasteiger partial charge in [0.05, 0.1) is 4.92 Å². The van der Waals surface area contributed by atoms with Crippen molar-refractivity contribution in [3.8, 4) is 0 Å². The number of hydrogen-bond acceptors (Lipinski definition) is 4. The third-order valence-corrected chi connectivity index (χ3v) is 3.58. The van der Waals surface area contributed by atoms with Gasteiger partial charge in [-0.3, -0.25) is 14.9 Å². The number of nitro groups is 1. The maximum Gasteiger partial charge on any atom is 0.282 e. The minimum Gasteiger partial charge on any atom is -0.338 e. The van der Waals surface area contributed by atoms with Crippen LogP contribution in [0.1, 0.15) is 23.2 Å². The summed E-state index contributed by atoms with van der Waals surface area (Å²) in [6, 6.07) is 3.30. The fourth-order valence-corrected chi connectivity index (χ4v) is 2.38. The monoisotopic (exact) mass is 281 g/mol. The fraction of sp³-hybridized carbons (Fsp3) is 0.462. The Morgan fingerprint density at radius 1 is 1.45 bits per heavy atom. The Bertz CT molecular complexity index is 528. The standard InChI is InChI=1S/C13H16FN3O3/c1-15-10-4-6-16(7-5-10)13(18)11-8-9(14)2-3-12(11)17(19)20/h2-3,8,10,15H,4-7H2,1H3. The van der Waals surface area contributed by atoms with Gasteiger partial charge in [0.25, 0.3) is 11.6 Å². The minimum absolute atomic E-state index is 0.182. The number of nitro benzene ring substituents is 1. The molecule has 1 amide bonds. The summed E-state index contributed by atoms with van der Waals surface area (Å²) in [5.74, 6) is -1.13. The second-order valence-electron chi connectivity index (χ2n) is 4.77. The molecule has 1 aliphatic heterocycles. The van der Waals surface area contributed by atoms with Crippen molar-refractivity contribution in [3.05, 3.63) is 39.7 Å². The molecule has 1 N–H and O–H groups in total. The van der Waals surface area contributed by atoms with E-state index in [0.29, 0.717) is 19.1 Å². The molecule has 20 heavy (non-hydrogen) atoms. The molecule has 0 unspecified atom stereocenters. The van der Waals surface area contributed by atoms with Crippen molar-refractivity contribution >= 4 is 11.6 Å². The predicted molar refractivity (Wildman–Crippen MR) is 71.0 cm³/mol. The van der Waals surface area contributed by atoms with Crippen molar-refractivity contribution in [2.45, 2.75) is 18.9 Å².